The summed E-state index contributed by atoms with van der Waals surface area (Å²) in [4.78, 5) is 4.20. The van der Waals surface area contributed by atoms with Gasteiger partial charge in [-0.15, -0.1) is 21.8 Å². The molecule has 0 saturated heterocycles. The van der Waals surface area contributed by atoms with E-state index in [2.05, 4.69) is 20.5 Å². The van der Waals surface area contributed by atoms with Crippen molar-refractivity contribution in [1.82, 2.24) is 19.6 Å². The minimum absolute atomic E-state index is 0.162. The lowest BCUT2D eigenvalue weighted by Crippen LogP contribution is -2.08. The van der Waals surface area contributed by atoms with Crippen LogP contribution in [0.1, 0.15) is 13.3 Å². The van der Waals surface area contributed by atoms with Gasteiger partial charge in [0.25, 0.3) is 0 Å². The molecule has 0 aromatic carbocycles. The first kappa shape index (κ1) is 10.2. The second kappa shape index (κ2) is 4.44. The van der Waals surface area contributed by atoms with E-state index in [0.29, 0.717) is 0 Å². The monoisotopic (exact) mass is 225 g/mol. The molecule has 2 aromatic heterocycles. The maximum atomic E-state index is 5.85. The third-order valence-electron chi connectivity index (χ3n) is 2.05. The van der Waals surface area contributed by atoms with Crippen LogP contribution in [0.25, 0.3) is 5.65 Å². The molecule has 2 heterocycles. The van der Waals surface area contributed by atoms with E-state index in [1.807, 2.05) is 17.5 Å². The highest BCUT2D eigenvalue weighted by Crippen LogP contribution is 2.10. The van der Waals surface area contributed by atoms with E-state index in [1.54, 1.807) is 12.5 Å². The topological polar surface area (TPSA) is 55.1 Å². The summed E-state index contributed by atoms with van der Waals surface area (Å²) in [5.74, 6) is 0.743. The summed E-state index contributed by atoms with van der Waals surface area (Å²) in [7, 11) is 0. The lowest BCUT2D eigenvalue weighted by Gasteiger charge is -2.06. The highest BCUT2D eigenvalue weighted by molar-refractivity contribution is 6.20. The Kier molecular flexibility index (Phi) is 3.01. The van der Waals surface area contributed by atoms with Crippen LogP contribution in [0, 0.1) is 0 Å². The fraction of sp³-hybridized carbons (Fsp3) is 0.444. The van der Waals surface area contributed by atoms with E-state index in [0.717, 1.165) is 24.4 Å². The van der Waals surface area contributed by atoms with Crippen LogP contribution in [0.2, 0.25) is 0 Å². The molecule has 0 radical (unpaired) electrons. The number of alkyl halides is 1. The fourth-order valence-corrected chi connectivity index (χ4v) is 1.38. The van der Waals surface area contributed by atoms with Crippen molar-refractivity contribution in [3.05, 3.63) is 18.7 Å². The maximum absolute atomic E-state index is 5.85. The molecule has 5 nitrogen and oxygen atoms in total. The Labute approximate surface area is 92.5 Å². The third kappa shape index (κ3) is 2.36. The van der Waals surface area contributed by atoms with Crippen LogP contribution in [-0.4, -0.2) is 31.5 Å². The van der Waals surface area contributed by atoms with Crippen LogP contribution in [0.4, 0.5) is 5.82 Å². The van der Waals surface area contributed by atoms with E-state index in [1.165, 1.54) is 0 Å². The van der Waals surface area contributed by atoms with Crippen molar-refractivity contribution in [1.29, 1.82) is 0 Å². The van der Waals surface area contributed by atoms with E-state index in [9.17, 15) is 0 Å². The average molecular weight is 226 g/mol. The summed E-state index contributed by atoms with van der Waals surface area (Å²) in [5, 5.41) is 11.1. The number of aromatic nitrogens is 4. The Morgan fingerprint density at radius 2 is 2.47 bits per heavy atom. The molecule has 15 heavy (non-hydrogen) atoms. The van der Waals surface area contributed by atoms with E-state index in [-0.39, 0.29) is 5.38 Å². The molecule has 0 saturated carbocycles. The average Bonchev–Trinajstić information content (AvgIpc) is 2.65. The zero-order chi connectivity index (χ0) is 10.7. The highest BCUT2D eigenvalue weighted by Gasteiger charge is 2.04. The second-order valence-corrected chi connectivity index (χ2v) is 4.08. The Hall–Kier alpha value is -1.36. The van der Waals surface area contributed by atoms with Crippen LogP contribution in [0.5, 0.6) is 0 Å². The molecule has 0 aliphatic carbocycles. The number of nitrogens with one attached hydrogen (secondary N) is 1. The van der Waals surface area contributed by atoms with Crippen LogP contribution in [0.15, 0.2) is 18.7 Å². The molecule has 0 amide bonds. The Morgan fingerprint density at radius 1 is 1.60 bits per heavy atom. The lowest BCUT2D eigenvalue weighted by molar-refractivity contribution is 0.839. The van der Waals surface area contributed by atoms with Crippen molar-refractivity contribution in [3.8, 4) is 0 Å². The number of hydrogen-bond acceptors (Lipinski definition) is 4. The molecule has 0 bridgehead atoms. The number of halogens is 1. The van der Waals surface area contributed by atoms with Gasteiger partial charge in [0.05, 0.1) is 0 Å². The molecule has 0 aliphatic rings. The number of anilines is 1. The van der Waals surface area contributed by atoms with Gasteiger partial charge in [0.15, 0.2) is 5.82 Å². The van der Waals surface area contributed by atoms with Gasteiger partial charge in [-0.2, -0.15) is 0 Å². The summed E-state index contributed by atoms with van der Waals surface area (Å²) < 4.78 is 1.82. The molecule has 0 fully saturated rings. The SMILES string of the molecule is CC(Cl)CCNc1nccn2cnnc12. The molecule has 1 N–H and O–H groups in total. The molecule has 0 spiro atoms. The zero-order valence-electron chi connectivity index (χ0n) is 8.39. The number of nitrogens with zero attached hydrogens (tertiary/aromatic N) is 4. The van der Waals surface area contributed by atoms with Crippen molar-refractivity contribution < 1.29 is 0 Å². The predicted molar refractivity (Wildman–Crippen MR) is 59.2 cm³/mol. The molecule has 1 unspecified atom stereocenters. The number of rotatable bonds is 4. The van der Waals surface area contributed by atoms with Gasteiger partial charge in [-0.05, 0) is 13.3 Å². The van der Waals surface area contributed by atoms with Crippen molar-refractivity contribution >= 4 is 23.1 Å². The minimum Gasteiger partial charge on any atom is -0.367 e. The largest absolute Gasteiger partial charge is 0.367 e. The van der Waals surface area contributed by atoms with Crippen LogP contribution >= 0.6 is 11.6 Å². The molecule has 80 valence electrons. The van der Waals surface area contributed by atoms with Gasteiger partial charge in [-0.1, -0.05) is 0 Å². The second-order valence-electron chi connectivity index (χ2n) is 3.33. The van der Waals surface area contributed by atoms with Crippen molar-refractivity contribution in [2.45, 2.75) is 18.7 Å². The van der Waals surface area contributed by atoms with Crippen molar-refractivity contribution in [2.75, 3.05) is 11.9 Å². The standard InChI is InChI=1S/C9H12ClN5/c1-7(10)2-3-11-8-9-14-13-6-15(9)5-4-12-8/h4-7H,2-3H2,1H3,(H,11,12). The first-order valence-electron chi connectivity index (χ1n) is 4.79. The highest BCUT2D eigenvalue weighted by atomic mass is 35.5. The third-order valence-corrected chi connectivity index (χ3v) is 2.27. The molecule has 2 aromatic rings. The summed E-state index contributed by atoms with van der Waals surface area (Å²) >= 11 is 5.85. The van der Waals surface area contributed by atoms with E-state index >= 15 is 0 Å². The minimum atomic E-state index is 0.162. The fourth-order valence-electron chi connectivity index (χ4n) is 1.27. The van der Waals surface area contributed by atoms with Crippen LogP contribution in [0.3, 0.4) is 0 Å². The normalized spacial score (nSPS) is 12.9. The van der Waals surface area contributed by atoms with Gasteiger partial charge < -0.3 is 5.32 Å². The first-order chi connectivity index (χ1) is 7.27. The zero-order valence-corrected chi connectivity index (χ0v) is 9.15. The Balaban J connectivity index is 2.10. The number of hydrogen-bond donors (Lipinski definition) is 1. The van der Waals surface area contributed by atoms with E-state index in [4.69, 9.17) is 11.6 Å². The van der Waals surface area contributed by atoms with Crippen LogP contribution in [-0.2, 0) is 0 Å². The van der Waals surface area contributed by atoms with Gasteiger partial charge in [0.1, 0.15) is 6.33 Å². The first-order valence-corrected chi connectivity index (χ1v) is 5.23. The van der Waals surface area contributed by atoms with Gasteiger partial charge in [-0.3, -0.25) is 4.40 Å². The Morgan fingerprint density at radius 3 is 3.27 bits per heavy atom. The molecule has 1 atom stereocenters. The smallest absolute Gasteiger partial charge is 0.203 e. The van der Waals surface area contributed by atoms with Gasteiger partial charge in [0, 0.05) is 24.3 Å². The number of fused-ring (bicyclic) bond motifs is 1. The van der Waals surface area contributed by atoms with Gasteiger partial charge >= 0.3 is 0 Å². The summed E-state index contributed by atoms with van der Waals surface area (Å²) in [5.41, 5.74) is 0.736. The van der Waals surface area contributed by atoms with Crippen molar-refractivity contribution in [2.24, 2.45) is 0 Å². The molecular weight excluding hydrogens is 214 g/mol. The summed E-state index contributed by atoms with van der Waals surface area (Å²) in [6.07, 6.45) is 6.05. The van der Waals surface area contributed by atoms with E-state index < -0.39 is 0 Å². The molecule has 6 heteroatoms. The predicted octanol–water partition coefficient (Wildman–Crippen LogP) is 1.55. The van der Waals surface area contributed by atoms with Crippen LogP contribution < -0.4 is 5.32 Å². The molecule has 0 aliphatic heterocycles. The quantitative estimate of drug-likeness (QED) is 0.803. The molecular formula is C9H12ClN5. The van der Waals surface area contributed by atoms with Crippen molar-refractivity contribution in [3.63, 3.8) is 0 Å². The van der Waals surface area contributed by atoms with Gasteiger partial charge in [0.2, 0.25) is 5.65 Å². The lowest BCUT2D eigenvalue weighted by atomic mass is 10.3. The van der Waals surface area contributed by atoms with Gasteiger partial charge in [-0.25, -0.2) is 4.98 Å². The molecule has 2 rings (SSSR count). The summed E-state index contributed by atoms with van der Waals surface area (Å²) in [6, 6.07) is 0. The maximum Gasteiger partial charge on any atom is 0.203 e. The summed E-state index contributed by atoms with van der Waals surface area (Å²) in [6.45, 7) is 2.75. The Bertz CT molecular complexity index is 439.